The second kappa shape index (κ2) is 10.4. The van der Waals surface area contributed by atoms with E-state index in [1.807, 2.05) is 0 Å². The summed E-state index contributed by atoms with van der Waals surface area (Å²) in [7, 11) is -4.23. The fourth-order valence-electron chi connectivity index (χ4n) is 4.44. The molecule has 1 aliphatic rings. The number of alkyl halides is 3. The van der Waals surface area contributed by atoms with Gasteiger partial charge in [0.2, 0.25) is 0 Å². The van der Waals surface area contributed by atoms with E-state index in [9.17, 15) is 31.5 Å². The lowest BCUT2D eigenvalue weighted by Crippen LogP contribution is -2.31. The maximum absolute atomic E-state index is 13.7. The number of hydrogen-bond acceptors (Lipinski definition) is 6. The molecule has 0 spiro atoms. The van der Waals surface area contributed by atoms with Crippen molar-refractivity contribution in [1.29, 1.82) is 0 Å². The number of nitrogens with zero attached hydrogens (tertiary/aromatic N) is 2. The molecule has 2 unspecified atom stereocenters. The number of carboxylic acids is 1. The quantitative estimate of drug-likeness (QED) is 0.375. The third-order valence-electron chi connectivity index (χ3n) is 6.30. The van der Waals surface area contributed by atoms with Crippen molar-refractivity contribution in [3.05, 3.63) is 66.0 Å². The average Bonchev–Trinajstić information content (AvgIpc) is 2.84. The standard InChI is InChI=1S/C25H25F3N4O4S/c1-15-5-2-3-8-19(15)20-13-23(30-14-21(20)25(26,27)28)32-37(35,36)18-9-10-29-22(12-18)31-17-7-4-6-16(11-17)24(33)34/h2-3,5,8-10,12-14,16-17H,4,6-7,11H2,1H3,(H,29,31)(H,30,32)(H,33,34). The summed E-state index contributed by atoms with van der Waals surface area (Å²) >= 11 is 0. The SMILES string of the molecule is Cc1ccccc1-c1cc(NS(=O)(=O)c2ccnc(NC3CCCC(C(=O)O)C3)c2)ncc1C(F)(F)F. The zero-order chi connectivity index (χ0) is 26.8. The molecule has 0 aliphatic heterocycles. The van der Waals surface area contributed by atoms with Gasteiger partial charge in [-0.15, -0.1) is 0 Å². The van der Waals surface area contributed by atoms with E-state index < -0.39 is 33.7 Å². The molecule has 0 bridgehead atoms. The van der Waals surface area contributed by atoms with Gasteiger partial charge in [-0.1, -0.05) is 30.7 Å². The predicted molar refractivity (Wildman–Crippen MR) is 131 cm³/mol. The summed E-state index contributed by atoms with van der Waals surface area (Å²) in [5.41, 5.74) is -0.279. The zero-order valence-electron chi connectivity index (χ0n) is 19.8. The van der Waals surface area contributed by atoms with Gasteiger partial charge in [-0.2, -0.15) is 13.2 Å². The molecule has 1 aromatic carbocycles. The first-order valence-corrected chi connectivity index (χ1v) is 13.0. The van der Waals surface area contributed by atoms with E-state index in [-0.39, 0.29) is 28.1 Å². The van der Waals surface area contributed by atoms with Gasteiger partial charge in [0.05, 0.1) is 16.4 Å². The zero-order valence-corrected chi connectivity index (χ0v) is 20.6. The van der Waals surface area contributed by atoms with Gasteiger partial charge >= 0.3 is 12.1 Å². The Morgan fingerprint density at radius 2 is 1.81 bits per heavy atom. The highest BCUT2D eigenvalue weighted by Crippen LogP contribution is 2.39. The lowest BCUT2D eigenvalue weighted by Gasteiger charge is -2.27. The van der Waals surface area contributed by atoms with Crippen molar-refractivity contribution in [1.82, 2.24) is 9.97 Å². The highest BCUT2D eigenvalue weighted by atomic mass is 32.2. The van der Waals surface area contributed by atoms with Crippen LogP contribution in [0.4, 0.5) is 24.8 Å². The Kier molecular flexibility index (Phi) is 7.39. The first kappa shape index (κ1) is 26.4. The lowest BCUT2D eigenvalue weighted by molar-refractivity contribution is -0.143. The Morgan fingerprint density at radius 1 is 1.05 bits per heavy atom. The Morgan fingerprint density at radius 3 is 2.51 bits per heavy atom. The average molecular weight is 535 g/mol. The predicted octanol–water partition coefficient (Wildman–Crippen LogP) is 5.33. The van der Waals surface area contributed by atoms with E-state index >= 15 is 0 Å². The minimum Gasteiger partial charge on any atom is -0.481 e. The summed E-state index contributed by atoms with van der Waals surface area (Å²) in [5, 5.41) is 12.4. The summed E-state index contributed by atoms with van der Waals surface area (Å²) in [6.07, 6.45) is -0.372. The molecule has 1 fully saturated rings. The minimum atomic E-state index is -4.69. The van der Waals surface area contributed by atoms with Gasteiger partial charge < -0.3 is 10.4 Å². The summed E-state index contributed by atoms with van der Waals surface area (Å²) in [5.74, 6) is -1.36. The van der Waals surface area contributed by atoms with Gasteiger partial charge in [-0.3, -0.25) is 9.52 Å². The third kappa shape index (κ3) is 6.19. The van der Waals surface area contributed by atoms with Gasteiger partial charge in [-0.25, -0.2) is 18.4 Å². The van der Waals surface area contributed by atoms with Crippen molar-refractivity contribution < 1.29 is 31.5 Å². The molecule has 1 aliphatic carbocycles. The van der Waals surface area contributed by atoms with E-state index in [4.69, 9.17) is 0 Å². The highest BCUT2D eigenvalue weighted by Gasteiger charge is 2.35. The van der Waals surface area contributed by atoms with E-state index in [0.717, 1.165) is 18.9 Å². The Balaban J connectivity index is 1.60. The molecule has 12 heteroatoms. The number of anilines is 2. The summed E-state index contributed by atoms with van der Waals surface area (Å²) in [6.45, 7) is 1.66. The largest absolute Gasteiger partial charge is 0.481 e. The molecular weight excluding hydrogens is 509 g/mol. The molecule has 0 saturated heterocycles. The molecule has 3 aromatic rings. The second-order valence-electron chi connectivity index (χ2n) is 8.95. The number of benzene rings is 1. The second-order valence-corrected chi connectivity index (χ2v) is 10.6. The number of sulfonamides is 1. The maximum Gasteiger partial charge on any atom is 0.418 e. The van der Waals surface area contributed by atoms with Crippen LogP contribution in [0, 0.1) is 12.8 Å². The molecule has 196 valence electrons. The first-order valence-electron chi connectivity index (χ1n) is 11.6. The van der Waals surface area contributed by atoms with Crippen LogP contribution in [0.2, 0.25) is 0 Å². The van der Waals surface area contributed by atoms with Crippen LogP contribution in [0.15, 0.2) is 59.8 Å². The number of halogens is 3. The molecule has 37 heavy (non-hydrogen) atoms. The Bertz CT molecular complexity index is 1410. The fourth-order valence-corrected chi connectivity index (χ4v) is 5.45. The van der Waals surface area contributed by atoms with Crippen LogP contribution in [0.25, 0.3) is 11.1 Å². The smallest absolute Gasteiger partial charge is 0.418 e. The van der Waals surface area contributed by atoms with Crippen LogP contribution in [0.5, 0.6) is 0 Å². The molecule has 2 atom stereocenters. The van der Waals surface area contributed by atoms with Gasteiger partial charge in [0.25, 0.3) is 10.0 Å². The first-order chi connectivity index (χ1) is 17.4. The molecule has 2 heterocycles. The molecular formula is C25H25F3N4O4S. The van der Waals surface area contributed by atoms with Crippen LogP contribution < -0.4 is 10.0 Å². The molecule has 2 aromatic heterocycles. The van der Waals surface area contributed by atoms with Crippen LogP contribution in [0.3, 0.4) is 0 Å². The Labute approximate surface area is 212 Å². The topological polar surface area (TPSA) is 121 Å². The van der Waals surface area contributed by atoms with Crippen LogP contribution >= 0.6 is 0 Å². The number of nitrogens with one attached hydrogen (secondary N) is 2. The van der Waals surface area contributed by atoms with Crippen molar-refractivity contribution in [3.63, 3.8) is 0 Å². The monoisotopic (exact) mass is 534 g/mol. The van der Waals surface area contributed by atoms with Crippen molar-refractivity contribution in [2.45, 2.75) is 49.7 Å². The van der Waals surface area contributed by atoms with E-state index in [1.165, 1.54) is 24.4 Å². The third-order valence-corrected chi connectivity index (χ3v) is 7.65. The number of aromatic nitrogens is 2. The van der Waals surface area contributed by atoms with E-state index in [2.05, 4.69) is 20.0 Å². The number of aliphatic carboxylic acids is 1. The van der Waals surface area contributed by atoms with Crippen LogP contribution in [0.1, 0.15) is 36.8 Å². The van der Waals surface area contributed by atoms with Crippen LogP contribution in [-0.2, 0) is 21.0 Å². The number of rotatable bonds is 7. The lowest BCUT2D eigenvalue weighted by atomic mass is 9.86. The molecule has 1 saturated carbocycles. The van der Waals surface area contributed by atoms with Crippen molar-refractivity contribution in [3.8, 4) is 11.1 Å². The maximum atomic E-state index is 13.7. The number of hydrogen-bond donors (Lipinski definition) is 3. The summed E-state index contributed by atoms with van der Waals surface area (Å²) in [4.78, 5) is 19.0. The van der Waals surface area contributed by atoms with E-state index in [1.54, 1.807) is 25.1 Å². The summed E-state index contributed by atoms with van der Waals surface area (Å²) in [6, 6.07) is 9.91. The summed E-state index contributed by atoms with van der Waals surface area (Å²) < 4.78 is 69.5. The van der Waals surface area contributed by atoms with Crippen LogP contribution in [-0.4, -0.2) is 35.5 Å². The van der Waals surface area contributed by atoms with Crippen molar-refractivity contribution in [2.24, 2.45) is 5.92 Å². The highest BCUT2D eigenvalue weighted by molar-refractivity contribution is 7.92. The number of carbonyl (C=O) groups is 1. The molecule has 3 N–H and O–H groups in total. The Hall–Kier alpha value is -3.67. The minimum absolute atomic E-state index is 0.172. The van der Waals surface area contributed by atoms with Gasteiger partial charge in [0.1, 0.15) is 11.6 Å². The van der Waals surface area contributed by atoms with E-state index in [0.29, 0.717) is 30.2 Å². The molecule has 4 rings (SSSR count). The number of pyridine rings is 2. The normalized spacial score (nSPS) is 18.3. The van der Waals surface area contributed by atoms with Gasteiger partial charge in [0.15, 0.2) is 0 Å². The van der Waals surface area contributed by atoms with Crippen molar-refractivity contribution in [2.75, 3.05) is 10.0 Å². The molecule has 8 nitrogen and oxygen atoms in total. The molecule has 0 amide bonds. The fraction of sp³-hybridized carbons (Fsp3) is 0.320. The van der Waals surface area contributed by atoms with Crippen molar-refractivity contribution >= 4 is 27.6 Å². The number of carboxylic acid groups (broad SMARTS) is 1. The molecule has 0 radical (unpaired) electrons. The van der Waals surface area contributed by atoms with Gasteiger partial charge in [-0.05, 0) is 55.0 Å². The van der Waals surface area contributed by atoms with Gasteiger partial charge in [0, 0.05) is 24.5 Å². The number of aryl methyl sites for hydroxylation is 1.